The number of ether oxygens (including phenoxy) is 1. The molecular weight excluding hydrogens is 369 g/mol. The number of halogens is 2. The van der Waals surface area contributed by atoms with Gasteiger partial charge in [0.25, 0.3) is 0 Å². The highest BCUT2D eigenvalue weighted by Gasteiger charge is 2.21. The fraction of sp³-hybridized carbons (Fsp3) is 0.200. The van der Waals surface area contributed by atoms with Crippen molar-refractivity contribution in [3.05, 3.63) is 65.1 Å². The number of hydrogen-bond acceptors (Lipinski definition) is 3. The number of benzene rings is 2. The van der Waals surface area contributed by atoms with Crippen molar-refractivity contribution in [2.75, 3.05) is 19.5 Å². The second-order valence-electron chi connectivity index (χ2n) is 6.11. The van der Waals surface area contributed by atoms with E-state index in [-0.39, 0.29) is 17.1 Å². The van der Waals surface area contributed by atoms with Gasteiger partial charge in [-0.3, -0.25) is 0 Å². The van der Waals surface area contributed by atoms with Crippen LogP contribution in [0.15, 0.2) is 48.7 Å². The Morgan fingerprint density at radius 2 is 1.96 bits per heavy atom. The molecule has 1 atom stereocenters. The minimum atomic E-state index is -0.535. The van der Waals surface area contributed by atoms with E-state index in [4.69, 9.17) is 16.3 Å². The van der Waals surface area contributed by atoms with Gasteiger partial charge in [0.1, 0.15) is 5.82 Å². The summed E-state index contributed by atoms with van der Waals surface area (Å²) in [7, 11) is 3.26. The normalized spacial score (nSPS) is 11.9. The third-order valence-corrected chi connectivity index (χ3v) is 4.79. The molecule has 5 nitrogen and oxygen atoms in total. The molecule has 1 heterocycles. The maximum absolute atomic E-state index is 13.3. The zero-order valence-corrected chi connectivity index (χ0v) is 15.9. The summed E-state index contributed by atoms with van der Waals surface area (Å²) in [6.45, 7) is 1.91. The number of carbonyl (C=O) groups excluding carboxylic acids is 1. The molecule has 7 heteroatoms. The molecule has 140 valence electrons. The Balaban J connectivity index is 1.86. The summed E-state index contributed by atoms with van der Waals surface area (Å²) in [4.78, 5) is 18.5. The molecule has 2 aromatic carbocycles. The van der Waals surface area contributed by atoms with E-state index in [0.29, 0.717) is 11.6 Å². The van der Waals surface area contributed by atoms with E-state index >= 15 is 0 Å². The first-order chi connectivity index (χ1) is 12.9. The molecule has 0 aliphatic rings. The van der Waals surface area contributed by atoms with Crippen LogP contribution in [0.2, 0.25) is 5.02 Å². The van der Waals surface area contributed by atoms with Gasteiger partial charge >= 0.3 is 6.03 Å². The Morgan fingerprint density at radius 1 is 1.26 bits per heavy atom. The van der Waals surface area contributed by atoms with Crippen LogP contribution in [-0.4, -0.2) is 30.1 Å². The number of nitrogens with one attached hydrogen (secondary N) is 1. The molecule has 0 aliphatic carbocycles. The lowest BCUT2D eigenvalue weighted by Gasteiger charge is -2.26. The molecule has 0 saturated heterocycles. The Kier molecular flexibility index (Phi) is 5.46. The molecular formula is C20H19ClFN3O2. The van der Waals surface area contributed by atoms with E-state index < -0.39 is 5.82 Å². The van der Waals surface area contributed by atoms with Gasteiger partial charge in [-0.05, 0) is 36.6 Å². The second kappa shape index (κ2) is 7.80. The smallest absolute Gasteiger partial charge is 0.322 e. The molecule has 27 heavy (non-hydrogen) atoms. The molecule has 0 spiro atoms. The van der Waals surface area contributed by atoms with E-state index in [0.717, 1.165) is 16.3 Å². The first kappa shape index (κ1) is 18.9. The number of amides is 2. The number of rotatable bonds is 4. The number of methoxy groups -OCH3 is 1. The number of pyridine rings is 1. The van der Waals surface area contributed by atoms with Crippen LogP contribution in [0.25, 0.3) is 10.8 Å². The SMILES string of the molecule is COc1ncc([C@H](C)N(C)C(=O)Nc2ccc(F)c(Cl)c2)c2ccccc12. The van der Waals surface area contributed by atoms with Crippen LogP contribution in [0.1, 0.15) is 18.5 Å². The molecule has 0 unspecified atom stereocenters. The molecule has 0 fully saturated rings. The average molecular weight is 388 g/mol. The average Bonchev–Trinajstić information content (AvgIpc) is 2.68. The highest BCUT2D eigenvalue weighted by Crippen LogP contribution is 2.31. The summed E-state index contributed by atoms with van der Waals surface area (Å²) in [5, 5.41) is 4.51. The Morgan fingerprint density at radius 3 is 2.63 bits per heavy atom. The third kappa shape index (κ3) is 3.80. The second-order valence-corrected chi connectivity index (χ2v) is 6.52. The summed E-state index contributed by atoms with van der Waals surface area (Å²) in [6.07, 6.45) is 1.71. The Hall–Kier alpha value is -2.86. The maximum Gasteiger partial charge on any atom is 0.322 e. The standard InChI is InChI=1S/C20H19ClFN3O2/c1-12(16-11-23-19(27-3)15-7-5-4-6-14(15)16)25(2)20(26)24-13-8-9-18(22)17(21)10-13/h4-12H,1-3H3,(H,24,26)/t12-/m0/s1. The number of nitrogens with zero attached hydrogens (tertiary/aromatic N) is 2. The first-order valence-corrected chi connectivity index (χ1v) is 8.70. The van der Waals surface area contributed by atoms with Gasteiger partial charge in [0.05, 0.1) is 18.2 Å². The molecule has 1 aromatic heterocycles. The van der Waals surface area contributed by atoms with Crippen molar-refractivity contribution >= 4 is 34.1 Å². The van der Waals surface area contributed by atoms with Gasteiger partial charge in [0.15, 0.2) is 0 Å². The number of hydrogen-bond donors (Lipinski definition) is 1. The summed E-state index contributed by atoms with van der Waals surface area (Å²) < 4.78 is 18.6. The molecule has 1 N–H and O–H groups in total. The van der Waals surface area contributed by atoms with Crippen LogP contribution in [0, 0.1) is 5.82 Å². The lowest BCUT2D eigenvalue weighted by molar-refractivity contribution is 0.208. The van der Waals surface area contributed by atoms with Gasteiger partial charge < -0.3 is 15.0 Å². The summed E-state index contributed by atoms with van der Waals surface area (Å²) >= 11 is 5.77. The highest BCUT2D eigenvalue weighted by molar-refractivity contribution is 6.31. The topological polar surface area (TPSA) is 54.5 Å². The first-order valence-electron chi connectivity index (χ1n) is 8.33. The Labute approximate surface area is 161 Å². The fourth-order valence-corrected chi connectivity index (χ4v) is 3.03. The molecule has 0 saturated carbocycles. The van der Waals surface area contributed by atoms with Crippen molar-refractivity contribution in [1.82, 2.24) is 9.88 Å². The van der Waals surface area contributed by atoms with Crippen LogP contribution in [0.5, 0.6) is 5.88 Å². The lowest BCUT2D eigenvalue weighted by atomic mass is 10.0. The van der Waals surface area contributed by atoms with Crippen molar-refractivity contribution < 1.29 is 13.9 Å². The van der Waals surface area contributed by atoms with E-state index in [1.54, 1.807) is 25.3 Å². The van der Waals surface area contributed by atoms with Gasteiger partial charge in [-0.2, -0.15) is 0 Å². The molecule has 2 amide bonds. The van der Waals surface area contributed by atoms with E-state index in [2.05, 4.69) is 10.3 Å². The van der Waals surface area contributed by atoms with Gasteiger partial charge in [-0.25, -0.2) is 14.2 Å². The van der Waals surface area contributed by atoms with E-state index in [1.165, 1.54) is 18.2 Å². The molecule has 3 rings (SSSR count). The molecule has 0 radical (unpaired) electrons. The number of aromatic nitrogens is 1. The van der Waals surface area contributed by atoms with Crippen molar-refractivity contribution in [2.45, 2.75) is 13.0 Å². The number of anilines is 1. The van der Waals surface area contributed by atoms with Crippen LogP contribution in [0.3, 0.4) is 0 Å². The Bertz CT molecular complexity index is 996. The van der Waals surface area contributed by atoms with E-state index in [9.17, 15) is 9.18 Å². The molecule has 0 bridgehead atoms. The number of urea groups is 1. The van der Waals surface area contributed by atoms with Gasteiger partial charge in [-0.15, -0.1) is 0 Å². The minimum absolute atomic E-state index is 0.0474. The van der Waals surface area contributed by atoms with Gasteiger partial charge in [-0.1, -0.05) is 29.8 Å². The van der Waals surface area contributed by atoms with Crippen LogP contribution >= 0.6 is 11.6 Å². The quantitative estimate of drug-likeness (QED) is 0.664. The van der Waals surface area contributed by atoms with Crippen molar-refractivity contribution in [3.8, 4) is 5.88 Å². The van der Waals surface area contributed by atoms with Crippen LogP contribution in [-0.2, 0) is 0 Å². The summed E-state index contributed by atoms with van der Waals surface area (Å²) in [5.74, 6) is 0.00164. The van der Waals surface area contributed by atoms with Gasteiger partial charge in [0, 0.05) is 29.9 Å². The van der Waals surface area contributed by atoms with Crippen LogP contribution < -0.4 is 10.1 Å². The number of carbonyl (C=O) groups is 1. The predicted molar refractivity (Wildman–Crippen MR) is 105 cm³/mol. The van der Waals surface area contributed by atoms with Crippen molar-refractivity contribution in [1.29, 1.82) is 0 Å². The summed E-state index contributed by atoms with van der Waals surface area (Å²) in [6, 6.07) is 11.2. The predicted octanol–water partition coefficient (Wildman–Crippen LogP) is 5.26. The summed E-state index contributed by atoms with van der Waals surface area (Å²) in [5.41, 5.74) is 1.31. The lowest BCUT2D eigenvalue weighted by Crippen LogP contribution is -2.33. The van der Waals surface area contributed by atoms with Crippen LogP contribution in [0.4, 0.5) is 14.9 Å². The van der Waals surface area contributed by atoms with Crippen molar-refractivity contribution in [2.24, 2.45) is 0 Å². The van der Waals surface area contributed by atoms with E-state index in [1.807, 2.05) is 31.2 Å². The molecule has 0 aliphatic heterocycles. The number of fused-ring (bicyclic) bond motifs is 1. The monoisotopic (exact) mass is 387 g/mol. The third-order valence-electron chi connectivity index (χ3n) is 4.50. The molecule has 3 aromatic rings. The highest BCUT2D eigenvalue weighted by atomic mass is 35.5. The fourth-order valence-electron chi connectivity index (χ4n) is 2.85. The largest absolute Gasteiger partial charge is 0.481 e. The zero-order chi connectivity index (χ0) is 19.6. The maximum atomic E-state index is 13.3. The van der Waals surface area contributed by atoms with Gasteiger partial charge in [0.2, 0.25) is 5.88 Å². The van der Waals surface area contributed by atoms with Crippen molar-refractivity contribution in [3.63, 3.8) is 0 Å². The minimum Gasteiger partial charge on any atom is -0.481 e. The zero-order valence-electron chi connectivity index (χ0n) is 15.2.